The fourth-order valence-corrected chi connectivity index (χ4v) is 4.43. The van der Waals surface area contributed by atoms with Crippen molar-refractivity contribution in [3.63, 3.8) is 0 Å². The van der Waals surface area contributed by atoms with E-state index in [1.165, 1.54) is 18.3 Å². The molecule has 160 valence electrons. The third-order valence-electron chi connectivity index (χ3n) is 4.62. The minimum Gasteiger partial charge on any atom is -0.471 e. The van der Waals surface area contributed by atoms with Gasteiger partial charge in [-0.2, -0.15) is 10.2 Å². The van der Waals surface area contributed by atoms with Crippen molar-refractivity contribution in [2.24, 2.45) is 0 Å². The SMILES string of the molecule is CC(C)NS(=O)(=O)c1ccc(Nc2ncc(C#N)c(O[C@@H]3CCCC[C@@H]3O)n2)cc1. The lowest BCUT2D eigenvalue weighted by molar-refractivity contribution is 0.00436. The van der Waals surface area contributed by atoms with Crippen molar-refractivity contribution in [1.82, 2.24) is 14.7 Å². The van der Waals surface area contributed by atoms with Crippen molar-refractivity contribution in [3.05, 3.63) is 36.0 Å². The molecule has 0 saturated heterocycles. The Morgan fingerprint density at radius 1 is 1.23 bits per heavy atom. The number of aliphatic hydroxyl groups excluding tert-OH is 1. The number of anilines is 2. The number of sulfonamides is 1. The number of nitriles is 1. The Hall–Kier alpha value is -2.74. The van der Waals surface area contributed by atoms with Gasteiger partial charge >= 0.3 is 0 Å². The molecule has 3 N–H and O–H groups in total. The molecular formula is C20H25N5O4S. The summed E-state index contributed by atoms with van der Waals surface area (Å²) in [7, 11) is -3.58. The zero-order valence-electron chi connectivity index (χ0n) is 16.9. The maximum absolute atomic E-state index is 12.2. The molecule has 1 heterocycles. The van der Waals surface area contributed by atoms with E-state index in [1.807, 2.05) is 6.07 Å². The maximum atomic E-state index is 12.2. The van der Waals surface area contributed by atoms with E-state index < -0.39 is 22.2 Å². The average Bonchev–Trinajstić information content (AvgIpc) is 2.69. The van der Waals surface area contributed by atoms with E-state index in [2.05, 4.69) is 20.0 Å². The molecule has 0 aliphatic heterocycles. The molecule has 0 amide bonds. The smallest absolute Gasteiger partial charge is 0.240 e. The molecule has 1 aromatic heterocycles. The largest absolute Gasteiger partial charge is 0.471 e. The van der Waals surface area contributed by atoms with Crippen LogP contribution in [0.5, 0.6) is 5.88 Å². The molecule has 0 spiro atoms. The summed E-state index contributed by atoms with van der Waals surface area (Å²) in [4.78, 5) is 8.53. The Morgan fingerprint density at radius 3 is 2.57 bits per heavy atom. The van der Waals surface area contributed by atoms with Crippen molar-refractivity contribution in [1.29, 1.82) is 5.26 Å². The molecule has 30 heavy (non-hydrogen) atoms. The summed E-state index contributed by atoms with van der Waals surface area (Å²) in [6.45, 7) is 3.50. The Bertz CT molecular complexity index is 1020. The Labute approximate surface area is 176 Å². The predicted molar refractivity (Wildman–Crippen MR) is 111 cm³/mol. The summed E-state index contributed by atoms with van der Waals surface area (Å²) < 4.78 is 32.8. The zero-order valence-corrected chi connectivity index (χ0v) is 17.7. The number of benzene rings is 1. The van der Waals surface area contributed by atoms with E-state index in [0.29, 0.717) is 18.5 Å². The average molecular weight is 432 g/mol. The quantitative estimate of drug-likeness (QED) is 0.608. The first-order chi connectivity index (χ1) is 14.3. The highest BCUT2D eigenvalue weighted by Crippen LogP contribution is 2.26. The number of hydrogen-bond acceptors (Lipinski definition) is 8. The van der Waals surface area contributed by atoms with Crippen molar-refractivity contribution in [2.45, 2.75) is 62.7 Å². The van der Waals surface area contributed by atoms with Crippen LogP contribution in [0.4, 0.5) is 11.6 Å². The fourth-order valence-electron chi connectivity index (χ4n) is 3.18. The minimum atomic E-state index is -3.58. The molecule has 1 fully saturated rings. The van der Waals surface area contributed by atoms with Crippen LogP contribution in [0.2, 0.25) is 0 Å². The lowest BCUT2D eigenvalue weighted by Crippen LogP contribution is -2.35. The highest BCUT2D eigenvalue weighted by atomic mass is 32.2. The van der Waals surface area contributed by atoms with Gasteiger partial charge in [0, 0.05) is 11.7 Å². The number of nitrogens with one attached hydrogen (secondary N) is 2. The van der Waals surface area contributed by atoms with Crippen LogP contribution < -0.4 is 14.8 Å². The second-order valence-electron chi connectivity index (χ2n) is 7.46. The number of nitrogens with zero attached hydrogens (tertiary/aromatic N) is 3. The van der Waals surface area contributed by atoms with Gasteiger partial charge in [-0.15, -0.1) is 0 Å². The molecule has 0 unspecified atom stereocenters. The second kappa shape index (κ2) is 9.38. The van der Waals surface area contributed by atoms with Gasteiger partial charge in [-0.25, -0.2) is 18.1 Å². The minimum absolute atomic E-state index is 0.112. The van der Waals surface area contributed by atoms with Crippen LogP contribution in [-0.2, 0) is 10.0 Å². The van der Waals surface area contributed by atoms with Crippen LogP contribution in [0.15, 0.2) is 35.4 Å². The van der Waals surface area contributed by atoms with E-state index in [-0.39, 0.29) is 28.3 Å². The van der Waals surface area contributed by atoms with Gasteiger partial charge in [-0.3, -0.25) is 0 Å². The van der Waals surface area contributed by atoms with E-state index >= 15 is 0 Å². The summed E-state index contributed by atoms with van der Waals surface area (Å²) in [6.07, 6.45) is 3.59. The van der Waals surface area contributed by atoms with Gasteiger partial charge in [-0.1, -0.05) is 6.42 Å². The number of hydrogen-bond donors (Lipinski definition) is 3. The van der Waals surface area contributed by atoms with Crippen LogP contribution in [-0.4, -0.2) is 41.7 Å². The summed E-state index contributed by atoms with van der Waals surface area (Å²) >= 11 is 0. The molecule has 3 rings (SSSR count). The molecule has 1 aliphatic carbocycles. The van der Waals surface area contributed by atoms with Crippen molar-refractivity contribution >= 4 is 21.7 Å². The number of aromatic nitrogens is 2. The van der Waals surface area contributed by atoms with Crippen molar-refractivity contribution < 1.29 is 18.3 Å². The fraction of sp³-hybridized carbons (Fsp3) is 0.450. The Balaban J connectivity index is 1.76. The van der Waals surface area contributed by atoms with Crippen LogP contribution >= 0.6 is 0 Å². The first-order valence-corrected chi connectivity index (χ1v) is 11.3. The number of aliphatic hydroxyl groups is 1. The maximum Gasteiger partial charge on any atom is 0.240 e. The third-order valence-corrected chi connectivity index (χ3v) is 6.29. The van der Waals surface area contributed by atoms with E-state index in [9.17, 15) is 18.8 Å². The lowest BCUT2D eigenvalue weighted by atomic mass is 9.95. The van der Waals surface area contributed by atoms with Gasteiger partial charge in [0.2, 0.25) is 21.9 Å². The molecule has 9 nitrogen and oxygen atoms in total. The molecule has 0 radical (unpaired) electrons. The third kappa shape index (κ3) is 5.44. The monoisotopic (exact) mass is 431 g/mol. The van der Waals surface area contributed by atoms with Crippen molar-refractivity contribution in [2.75, 3.05) is 5.32 Å². The number of ether oxygens (including phenoxy) is 1. The molecule has 1 aliphatic rings. The van der Waals surface area contributed by atoms with Gasteiger partial charge in [0.25, 0.3) is 0 Å². The van der Waals surface area contributed by atoms with Crippen LogP contribution in [0.25, 0.3) is 0 Å². The van der Waals surface area contributed by atoms with E-state index in [1.54, 1.807) is 26.0 Å². The first kappa shape index (κ1) is 22.0. The molecule has 1 aromatic carbocycles. The normalized spacial score (nSPS) is 19.3. The highest BCUT2D eigenvalue weighted by molar-refractivity contribution is 7.89. The van der Waals surface area contributed by atoms with Crippen LogP contribution in [0.3, 0.4) is 0 Å². The van der Waals surface area contributed by atoms with Gasteiger partial charge in [0.15, 0.2) is 0 Å². The van der Waals surface area contributed by atoms with Gasteiger partial charge in [0.1, 0.15) is 17.7 Å². The molecule has 0 bridgehead atoms. The molecular weight excluding hydrogens is 406 g/mol. The van der Waals surface area contributed by atoms with E-state index in [0.717, 1.165) is 12.8 Å². The predicted octanol–water partition coefficient (Wildman–Crippen LogP) is 2.46. The van der Waals surface area contributed by atoms with Crippen LogP contribution in [0, 0.1) is 11.3 Å². The standard InChI is InChI=1S/C20H25N5O4S/c1-13(2)25-30(27,28)16-9-7-15(8-10-16)23-20-22-12-14(11-21)19(24-20)29-18-6-4-3-5-17(18)26/h7-10,12-13,17-18,25-26H,3-6H2,1-2H3,(H,22,23,24)/t17-,18+/m0/s1. The first-order valence-electron chi connectivity index (χ1n) is 9.80. The van der Waals surface area contributed by atoms with Gasteiger partial charge < -0.3 is 15.2 Å². The Morgan fingerprint density at radius 2 is 1.93 bits per heavy atom. The van der Waals surface area contributed by atoms with E-state index in [4.69, 9.17) is 4.74 Å². The van der Waals surface area contributed by atoms with Crippen LogP contribution in [0.1, 0.15) is 45.1 Å². The summed E-state index contributed by atoms with van der Waals surface area (Å²) in [6, 6.07) is 7.95. The van der Waals surface area contributed by atoms with Crippen molar-refractivity contribution in [3.8, 4) is 11.9 Å². The molecule has 1 saturated carbocycles. The summed E-state index contributed by atoms with van der Waals surface area (Å²) in [5.74, 6) is 0.312. The molecule has 2 atom stereocenters. The van der Waals surface area contributed by atoms with Gasteiger partial charge in [0.05, 0.1) is 17.2 Å². The molecule has 2 aromatic rings. The lowest BCUT2D eigenvalue weighted by Gasteiger charge is -2.27. The molecule has 10 heteroatoms. The summed E-state index contributed by atoms with van der Waals surface area (Å²) in [5.41, 5.74) is 0.756. The number of rotatable bonds is 7. The second-order valence-corrected chi connectivity index (χ2v) is 9.17. The Kier molecular flexibility index (Phi) is 6.87. The van der Waals surface area contributed by atoms with Gasteiger partial charge in [-0.05, 0) is 57.4 Å². The highest BCUT2D eigenvalue weighted by Gasteiger charge is 2.26. The topological polar surface area (TPSA) is 137 Å². The zero-order chi connectivity index (χ0) is 21.7. The summed E-state index contributed by atoms with van der Waals surface area (Å²) in [5, 5.41) is 22.4.